The van der Waals surface area contributed by atoms with Gasteiger partial charge in [-0.2, -0.15) is 13.2 Å². The Morgan fingerprint density at radius 1 is 1.06 bits per heavy atom. The Bertz CT molecular complexity index is 945. The number of ether oxygens (including phenoxy) is 5. The molecule has 10 nitrogen and oxygen atoms in total. The number of rotatable bonds is 9. The smallest absolute Gasteiger partial charge is 0.475 e. The van der Waals surface area contributed by atoms with E-state index in [4.69, 9.17) is 4.74 Å². The van der Waals surface area contributed by atoms with Gasteiger partial charge >= 0.3 is 24.7 Å². The summed E-state index contributed by atoms with van der Waals surface area (Å²) < 4.78 is 100. The van der Waals surface area contributed by atoms with E-state index >= 15 is 0 Å². The third kappa shape index (κ3) is 7.41. The molecule has 0 radical (unpaired) electrons. The van der Waals surface area contributed by atoms with Gasteiger partial charge in [0, 0.05) is 5.56 Å². The Hall–Kier alpha value is -3.72. The molecule has 34 heavy (non-hydrogen) atoms. The van der Waals surface area contributed by atoms with Gasteiger partial charge in [0.25, 0.3) is 0 Å². The van der Waals surface area contributed by atoms with E-state index in [-0.39, 0.29) is 23.3 Å². The Kier molecular flexibility index (Phi) is 8.53. The van der Waals surface area contributed by atoms with Gasteiger partial charge in [0.15, 0.2) is 11.9 Å². The minimum atomic E-state index is -5.11. The van der Waals surface area contributed by atoms with E-state index in [9.17, 15) is 40.8 Å². The number of esters is 1. The zero-order valence-electron chi connectivity index (χ0n) is 17.0. The van der Waals surface area contributed by atoms with Crippen LogP contribution in [-0.4, -0.2) is 50.8 Å². The minimum Gasteiger partial charge on any atom is -0.475 e. The SMILES string of the molecule is CCc1cc(OC(F)(F)F)cc2c1OC(C(F)(F)F)C(C(=O)OCOC(=O)OCCON=O)=C2. The molecule has 2 rings (SSSR count). The van der Waals surface area contributed by atoms with Crippen molar-refractivity contribution in [2.24, 2.45) is 5.34 Å². The van der Waals surface area contributed by atoms with Gasteiger partial charge in [0.2, 0.25) is 12.9 Å². The number of aryl methyl sites for hydroxylation is 1. The highest BCUT2D eigenvalue weighted by molar-refractivity contribution is 5.96. The lowest BCUT2D eigenvalue weighted by atomic mass is 9.97. The topological polar surface area (TPSA) is 119 Å². The van der Waals surface area contributed by atoms with Crippen molar-refractivity contribution in [2.75, 3.05) is 20.0 Å². The highest BCUT2D eigenvalue weighted by atomic mass is 19.4. The average Bonchev–Trinajstić information content (AvgIpc) is 2.73. The highest BCUT2D eigenvalue weighted by Gasteiger charge is 2.49. The number of hydrogen-bond acceptors (Lipinski definition) is 10. The Labute approximate surface area is 186 Å². The lowest BCUT2D eigenvalue weighted by Crippen LogP contribution is -2.41. The number of carbonyl (C=O) groups is 2. The van der Waals surface area contributed by atoms with Gasteiger partial charge in [0.05, 0.1) is 5.57 Å². The van der Waals surface area contributed by atoms with Crippen LogP contribution in [0.5, 0.6) is 11.5 Å². The van der Waals surface area contributed by atoms with Crippen molar-refractivity contribution >= 4 is 18.2 Å². The minimum absolute atomic E-state index is 0.0144. The van der Waals surface area contributed by atoms with Crippen molar-refractivity contribution in [2.45, 2.75) is 32.0 Å². The third-order valence-corrected chi connectivity index (χ3v) is 3.96. The third-order valence-electron chi connectivity index (χ3n) is 3.96. The molecule has 1 atom stereocenters. The molecule has 1 aromatic rings. The molecule has 1 heterocycles. The van der Waals surface area contributed by atoms with Gasteiger partial charge in [0.1, 0.15) is 18.1 Å². The van der Waals surface area contributed by atoms with Crippen molar-refractivity contribution in [1.29, 1.82) is 0 Å². The van der Waals surface area contributed by atoms with E-state index < -0.39 is 62.1 Å². The highest BCUT2D eigenvalue weighted by Crippen LogP contribution is 2.42. The summed E-state index contributed by atoms with van der Waals surface area (Å²) >= 11 is 0. The molecule has 0 saturated heterocycles. The van der Waals surface area contributed by atoms with E-state index in [1.807, 2.05) is 5.34 Å². The number of carbonyl (C=O) groups excluding carboxylic acids is 2. The van der Waals surface area contributed by atoms with Gasteiger partial charge in [-0.05, 0) is 30.2 Å². The first-order chi connectivity index (χ1) is 15.9. The molecule has 1 aromatic carbocycles. The van der Waals surface area contributed by atoms with Gasteiger partial charge in [-0.15, -0.1) is 18.1 Å². The lowest BCUT2D eigenvalue weighted by Gasteiger charge is -2.29. The van der Waals surface area contributed by atoms with Crippen LogP contribution in [0.1, 0.15) is 18.1 Å². The standard InChI is InChI=1S/C18H15F6NO9/c1-2-9-5-11(34-18(22,23)24)6-10-7-12(14(17(19,20)21)33-13(9)10)15(26)30-8-31-16(27)29-3-4-32-25-28/h5-7,14H,2-4,8H2,1H3. The van der Waals surface area contributed by atoms with Crippen LogP contribution in [0.2, 0.25) is 0 Å². The quantitative estimate of drug-likeness (QED) is 0.122. The molecule has 0 spiro atoms. The number of halogens is 6. The molecule has 0 saturated carbocycles. The number of benzene rings is 1. The number of fused-ring (bicyclic) bond motifs is 1. The van der Waals surface area contributed by atoms with E-state index in [1.165, 1.54) is 6.92 Å². The molecule has 1 aliphatic rings. The Balaban J connectivity index is 2.22. The summed E-state index contributed by atoms with van der Waals surface area (Å²) in [5, 5.41) is 2.02. The number of nitrogens with zero attached hydrogens (tertiary/aromatic N) is 1. The molecule has 0 amide bonds. The average molecular weight is 503 g/mol. The fourth-order valence-corrected chi connectivity index (χ4v) is 2.68. The molecular formula is C18H15F6NO9. The molecule has 188 valence electrons. The van der Waals surface area contributed by atoms with Gasteiger partial charge < -0.3 is 28.5 Å². The lowest BCUT2D eigenvalue weighted by molar-refractivity contribution is -0.274. The second kappa shape index (κ2) is 10.9. The molecular weight excluding hydrogens is 488 g/mol. The zero-order valence-corrected chi connectivity index (χ0v) is 17.0. The normalized spacial score (nSPS) is 15.3. The van der Waals surface area contributed by atoms with Crippen LogP contribution < -0.4 is 9.47 Å². The maximum Gasteiger partial charge on any atom is 0.573 e. The predicted octanol–water partition coefficient (Wildman–Crippen LogP) is 4.21. The summed E-state index contributed by atoms with van der Waals surface area (Å²) in [6.07, 6.45) is -13.8. The Morgan fingerprint density at radius 2 is 1.76 bits per heavy atom. The number of hydrogen-bond donors (Lipinski definition) is 0. The van der Waals surface area contributed by atoms with Gasteiger partial charge in [-0.25, -0.2) is 9.59 Å². The fraction of sp³-hybridized carbons (Fsp3) is 0.444. The number of alkyl halides is 6. The van der Waals surface area contributed by atoms with Crippen molar-refractivity contribution in [1.82, 2.24) is 0 Å². The summed E-state index contributed by atoms with van der Waals surface area (Å²) in [5.41, 5.74) is -1.45. The molecule has 0 fully saturated rings. The molecule has 0 bridgehead atoms. The van der Waals surface area contributed by atoms with Crippen molar-refractivity contribution in [3.8, 4) is 11.5 Å². The molecule has 1 aliphatic heterocycles. The van der Waals surface area contributed by atoms with E-state index in [2.05, 4.69) is 23.8 Å². The molecule has 0 aromatic heterocycles. The van der Waals surface area contributed by atoms with Crippen LogP contribution in [0.4, 0.5) is 31.1 Å². The molecule has 0 aliphatic carbocycles. The summed E-state index contributed by atoms with van der Waals surface area (Å²) in [4.78, 5) is 37.1. The maximum atomic E-state index is 13.5. The molecule has 0 N–H and O–H groups in total. The second-order valence-electron chi connectivity index (χ2n) is 6.24. The second-order valence-corrected chi connectivity index (χ2v) is 6.24. The molecule has 1 unspecified atom stereocenters. The van der Waals surface area contributed by atoms with Crippen LogP contribution in [-0.2, 0) is 30.3 Å². The summed E-state index contributed by atoms with van der Waals surface area (Å²) in [5.74, 6) is -2.75. The van der Waals surface area contributed by atoms with Gasteiger partial charge in [-0.3, -0.25) is 0 Å². The van der Waals surface area contributed by atoms with Crippen LogP contribution in [0.25, 0.3) is 6.08 Å². The largest absolute Gasteiger partial charge is 0.573 e. The van der Waals surface area contributed by atoms with E-state index in [1.54, 1.807) is 0 Å². The first-order valence-corrected chi connectivity index (χ1v) is 9.14. The molecule has 16 heteroatoms. The first-order valence-electron chi connectivity index (χ1n) is 9.14. The van der Waals surface area contributed by atoms with Crippen LogP contribution in [0.3, 0.4) is 0 Å². The van der Waals surface area contributed by atoms with Crippen molar-refractivity contribution < 1.29 is 64.5 Å². The summed E-state index contributed by atoms with van der Waals surface area (Å²) in [6.45, 7) is -0.581. The predicted molar refractivity (Wildman–Crippen MR) is 96.1 cm³/mol. The fourth-order valence-electron chi connectivity index (χ4n) is 2.68. The Morgan fingerprint density at radius 3 is 2.35 bits per heavy atom. The monoisotopic (exact) mass is 503 g/mol. The van der Waals surface area contributed by atoms with Crippen LogP contribution in [0, 0.1) is 4.91 Å². The van der Waals surface area contributed by atoms with E-state index in [0.29, 0.717) is 6.08 Å². The van der Waals surface area contributed by atoms with Crippen LogP contribution in [0.15, 0.2) is 23.0 Å². The van der Waals surface area contributed by atoms with Crippen molar-refractivity contribution in [3.63, 3.8) is 0 Å². The van der Waals surface area contributed by atoms with Crippen molar-refractivity contribution in [3.05, 3.63) is 33.7 Å². The summed E-state index contributed by atoms with van der Waals surface area (Å²) in [6, 6.07) is 1.61. The maximum absolute atomic E-state index is 13.5. The van der Waals surface area contributed by atoms with E-state index in [0.717, 1.165) is 12.1 Å². The van der Waals surface area contributed by atoms with Crippen LogP contribution >= 0.6 is 0 Å². The summed E-state index contributed by atoms with van der Waals surface area (Å²) in [7, 11) is 0. The zero-order chi connectivity index (χ0) is 25.5. The van der Waals surface area contributed by atoms with Gasteiger partial charge in [-0.1, -0.05) is 6.92 Å². The first kappa shape index (κ1) is 26.5.